The van der Waals surface area contributed by atoms with Gasteiger partial charge in [0.05, 0.1) is 18.1 Å². The maximum Gasteiger partial charge on any atom is 0.292 e. The molecule has 0 atom stereocenters. The lowest BCUT2D eigenvalue weighted by Crippen LogP contribution is -2.13. The molecule has 3 aromatic rings. The first-order valence-electron chi connectivity index (χ1n) is 6.81. The van der Waals surface area contributed by atoms with Crippen LogP contribution >= 0.6 is 11.6 Å². The first kappa shape index (κ1) is 15.2. The minimum Gasteiger partial charge on any atom is -0.459 e. The molecule has 6 heteroatoms. The Morgan fingerprint density at radius 2 is 2.00 bits per heavy atom. The molecule has 0 bridgehead atoms. The van der Waals surface area contributed by atoms with Gasteiger partial charge in [-0.2, -0.15) is 0 Å². The second-order valence-corrected chi connectivity index (χ2v) is 5.33. The van der Waals surface area contributed by atoms with E-state index in [1.54, 1.807) is 24.3 Å². The van der Waals surface area contributed by atoms with E-state index in [0.717, 1.165) is 5.56 Å². The van der Waals surface area contributed by atoms with Crippen molar-refractivity contribution in [3.05, 3.63) is 71.2 Å². The van der Waals surface area contributed by atoms with Crippen LogP contribution in [-0.2, 0) is 0 Å². The summed E-state index contributed by atoms with van der Waals surface area (Å²) < 4.78 is 18.3. The zero-order valence-electron chi connectivity index (χ0n) is 12.1. The molecule has 0 spiro atoms. The summed E-state index contributed by atoms with van der Waals surface area (Å²) in [6, 6.07) is 9.15. The monoisotopic (exact) mass is 330 g/mol. The third-order valence-electron chi connectivity index (χ3n) is 3.35. The van der Waals surface area contributed by atoms with E-state index in [0.29, 0.717) is 22.0 Å². The van der Waals surface area contributed by atoms with Crippen LogP contribution in [-0.4, -0.2) is 10.9 Å². The molecule has 116 valence electrons. The van der Waals surface area contributed by atoms with E-state index in [-0.39, 0.29) is 11.6 Å². The number of amides is 1. The third-order valence-corrected chi connectivity index (χ3v) is 3.56. The predicted octanol–water partition coefficient (Wildman–Crippen LogP) is 4.69. The molecule has 1 N–H and O–H groups in total. The lowest BCUT2D eigenvalue weighted by Gasteiger charge is -2.08. The van der Waals surface area contributed by atoms with E-state index in [9.17, 15) is 9.18 Å². The normalized spacial score (nSPS) is 10.6. The molecule has 1 amide bonds. The van der Waals surface area contributed by atoms with Crippen molar-refractivity contribution >= 4 is 23.2 Å². The number of furan rings is 1. The van der Waals surface area contributed by atoms with Crippen LogP contribution in [0.4, 0.5) is 10.1 Å². The van der Waals surface area contributed by atoms with Crippen LogP contribution in [0.15, 0.2) is 53.3 Å². The fourth-order valence-electron chi connectivity index (χ4n) is 2.17. The van der Waals surface area contributed by atoms with Crippen LogP contribution in [0.1, 0.15) is 16.1 Å². The molecule has 2 aromatic heterocycles. The molecule has 0 aliphatic carbocycles. The van der Waals surface area contributed by atoms with Crippen molar-refractivity contribution in [3.63, 3.8) is 0 Å². The van der Waals surface area contributed by atoms with Crippen LogP contribution in [0.5, 0.6) is 0 Å². The maximum absolute atomic E-state index is 13.0. The summed E-state index contributed by atoms with van der Waals surface area (Å²) in [4.78, 5) is 16.4. The molecule has 4 nitrogen and oxygen atoms in total. The Morgan fingerprint density at radius 1 is 1.26 bits per heavy atom. The van der Waals surface area contributed by atoms with Crippen LogP contribution < -0.4 is 5.32 Å². The van der Waals surface area contributed by atoms with E-state index in [1.807, 2.05) is 6.92 Å². The van der Waals surface area contributed by atoms with E-state index >= 15 is 0 Å². The summed E-state index contributed by atoms with van der Waals surface area (Å²) in [6.07, 6.45) is 2.90. The molecule has 23 heavy (non-hydrogen) atoms. The van der Waals surface area contributed by atoms with Gasteiger partial charge >= 0.3 is 0 Å². The van der Waals surface area contributed by atoms with Crippen LogP contribution in [0.3, 0.4) is 0 Å². The molecule has 2 heterocycles. The Kier molecular flexibility index (Phi) is 4.12. The zero-order chi connectivity index (χ0) is 16.4. The molecule has 0 saturated carbocycles. The Labute approximate surface area is 136 Å². The van der Waals surface area contributed by atoms with E-state index in [1.165, 1.54) is 24.6 Å². The summed E-state index contributed by atoms with van der Waals surface area (Å²) in [5, 5.41) is 3.09. The standard InChI is InChI=1S/C17H12ClFN2O2/c1-10-8-15(18)20-9-14(10)21-17(22)16-13(6-7-23-16)11-2-4-12(19)5-3-11/h2-9H,1H3,(H,21,22). The second kappa shape index (κ2) is 6.22. The summed E-state index contributed by atoms with van der Waals surface area (Å²) >= 11 is 5.80. The quantitative estimate of drug-likeness (QED) is 0.708. The zero-order valence-corrected chi connectivity index (χ0v) is 12.9. The highest BCUT2D eigenvalue weighted by Crippen LogP contribution is 2.26. The molecule has 0 aliphatic heterocycles. The number of pyridine rings is 1. The van der Waals surface area contributed by atoms with E-state index < -0.39 is 5.91 Å². The number of nitrogens with zero attached hydrogens (tertiary/aromatic N) is 1. The number of nitrogens with one attached hydrogen (secondary N) is 1. The fourth-order valence-corrected chi connectivity index (χ4v) is 2.39. The number of anilines is 1. The molecule has 0 aliphatic rings. The number of rotatable bonds is 3. The Hall–Kier alpha value is -2.66. The Bertz CT molecular complexity index is 859. The van der Waals surface area contributed by atoms with Gasteiger partial charge in [-0.3, -0.25) is 4.79 Å². The van der Waals surface area contributed by atoms with Gasteiger partial charge in [0.15, 0.2) is 5.76 Å². The highest BCUT2D eigenvalue weighted by atomic mass is 35.5. The first-order valence-corrected chi connectivity index (χ1v) is 7.19. The van der Waals surface area contributed by atoms with Crippen molar-refractivity contribution < 1.29 is 13.6 Å². The van der Waals surface area contributed by atoms with Crippen LogP contribution in [0, 0.1) is 12.7 Å². The number of carbonyl (C=O) groups is 1. The molecule has 0 fully saturated rings. The average Bonchev–Trinajstić information content (AvgIpc) is 3.00. The van der Waals surface area contributed by atoms with Crippen molar-refractivity contribution in [2.75, 3.05) is 5.32 Å². The van der Waals surface area contributed by atoms with Gasteiger partial charge in [-0.05, 0) is 42.3 Å². The number of aromatic nitrogens is 1. The van der Waals surface area contributed by atoms with Crippen molar-refractivity contribution in [2.45, 2.75) is 6.92 Å². The lowest BCUT2D eigenvalue weighted by atomic mass is 10.1. The van der Waals surface area contributed by atoms with Gasteiger partial charge in [0.1, 0.15) is 11.0 Å². The van der Waals surface area contributed by atoms with Gasteiger partial charge in [0.25, 0.3) is 5.91 Å². The molecular formula is C17H12ClFN2O2. The Balaban J connectivity index is 1.89. The average molecular weight is 331 g/mol. The predicted molar refractivity (Wildman–Crippen MR) is 86.0 cm³/mol. The van der Waals surface area contributed by atoms with Crippen molar-refractivity contribution in [1.29, 1.82) is 0 Å². The number of benzene rings is 1. The number of hydrogen-bond donors (Lipinski definition) is 1. The van der Waals surface area contributed by atoms with Crippen molar-refractivity contribution in [2.24, 2.45) is 0 Å². The largest absolute Gasteiger partial charge is 0.459 e. The Morgan fingerprint density at radius 3 is 2.70 bits per heavy atom. The summed E-state index contributed by atoms with van der Waals surface area (Å²) in [5.74, 6) is -0.612. The number of halogens is 2. The minimum atomic E-state index is -0.415. The van der Waals surface area contributed by atoms with Crippen molar-refractivity contribution in [3.8, 4) is 11.1 Å². The highest BCUT2D eigenvalue weighted by molar-refractivity contribution is 6.29. The smallest absolute Gasteiger partial charge is 0.292 e. The number of carbonyl (C=O) groups excluding carboxylic acids is 1. The fraction of sp³-hybridized carbons (Fsp3) is 0.0588. The lowest BCUT2D eigenvalue weighted by molar-refractivity contribution is 0.0997. The summed E-state index contributed by atoms with van der Waals surface area (Å²) in [7, 11) is 0. The van der Waals surface area contributed by atoms with Crippen LogP contribution in [0.25, 0.3) is 11.1 Å². The maximum atomic E-state index is 13.0. The molecule has 0 saturated heterocycles. The highest BCUT2D eigenvalue weighted by Gasteiger charge is 2.18. The molecular weight excluding hydrogens is 319 g/mol. The van der Waals surface area contributed by atoms with Gasteiger partial charge in [0.2, 0.25) is 0 Å². The second-order valence-electron chi connectivity index (χ2n) is 4.95. The topological polar surface area (TPSA) is 55.1 Å². The number of hydrogen-bond acceptors (Lipinski definition) is 3. The number of aryl methyl sites for hydroxylation is 1. The van der Waals surface area contributed by atoms with Gasteiger partial charge in [-0.15, -0.1) is 0 Å². The summed E-state index contributed by atoms with van der Waals surface area (Å²) in [5.41, 5.74) is 2.60. The first-order chi connectivity index (χ1) is 11.0. The summed E-state index contributed by atoms with van der Waals surface area (Å²) in [6.45, 7) is 1.81. The molecule has 3 rings (SSSR count). The molecule has 0 radical (unpaired) electrons. The van der Waals surface area contributed by atoms with E-state index in [4.69, 9.17) is 16.0 Å². The minimum absolute atomic E-state index is 0.144. The SMILES string of the molecule is Cc1cc(Cl)ncc1NC(=O)c1occc1-c1ccc(F)cc1. The molecule has 0 unspecified atom stereocenters. The van der Waals surface area contributed by atoms with Gasteiger partial charge < -0.3 is 9.73 Å². The molecule has 1 aromatic carbocycles. The van der Waals surface area contributed by atoms with Gasteiger partial charge in [0, 0.05) is 5.56 Å². The van der Waals surface area contributed by atoms with Crippen molar-refractivity contribution in [1.82, 2.24) is 4.98 Å². The van der Waals surface area contributed by atoms with Gasteiger partial charge in [-0.1, -0.05) is 23.7 Å². The third kappa shape index (κ3) is 3.24. The van der Waals surface area contributed by atoms with Crippen LogP contribution in [0.2, 0.25) is 5.15 Å². The van der Waals surface area contributed by atoms with Gasteiger partial charge in [-0.25, -0.2) is 9.37 Å². The van der Waals surface area contributed by atoms with E-state index in [2.05, 4.69) is 10.3 Å².